The van der Waals surface area contributed by atoms with Gasteiger partial charge in [-0.3, -0.25) is 0 Å². The number of rotatable bonds is 4. The van der Waals surface area contributed by atoms with Gasteiger partial charge in [-0.15, -0.1) is 0 Å². The molecule has 1 aromatic carbocycles. The first-order valence-corrected chi connectivity index (χ1v) is 5.98. The fraction of sp³-hybridized carbons (Fsp3) is 0.385. The van der Waals surface area contributed by atoms with Gasteiger partial charge in [-0.05, 0) is 25.0 Å². The Kier molecular flexibility index (Phi) is 3.52. The highest BCUT2D eigenvalue weighted by atomic mass is 35.5. The van der Waals surface area contributed by atoms with Gasteiger partial charge in [0.05, 0.1) is 28.8 Å². The van der Waals surface area contributed by atoms with Crippen LogP contribution in [0.3, 0.4) is 0 Å². The molecule has 0 aromatic heterocycles. The van der Waals surface area contributed by atoms with E-state index in [2.05, 4.69) is 17.0 Å². The van der Waals surface area contributed by atoms with Crippen LogP contribution < -0.4 is 4.90 Å². The van der Waals surface area contributed by atoms with Gasteiger partial charge in [0.25, 0.3) is 0 Å². The minimum atomic E-state index is 0.466. The Morgan fingerprint density at radius 3 is 2.71 bits per heavy atom. The molecule has 0 saturated heterocycles. The molecule has 86 valence electrons. The molecule has 3 nitrogen and oxygen atoms in total. The van der Waals surface area contributed by atoms with Crippen molar-refractivity contribution in [1.82, 2.24) is 0 Å². The summed E-state index contributed by atoms with van der Waals surface area (Å²) in [6.07, 6.45) is 2.72. The van der Waals surface area contributed by atoms with Crippen LogP contribution in [-0.4, -0.2) is 12.6 Å². The smallest absolute Gasteiger partial charge is 0.103 e. The van der Waals surface area contributed by atoms with Crippen molar-refractivity contribution in [2.75, 3.05) is 11.4 Å². The van der Waals surface area contributed by atoms with Gasteiger partial charge in [-0.25, -0.2) is 0 Å². The van der Waals surface area contributed by atoms with Crippen LogP contribution >= 0.6 is 11.6 Å². The number of hydrogen-bond acceptors (Lipinski definition) is 3. The van der Waals surface area contributed by atoms with Crippen LogP contribution in [-0.2, 0) is 0 Å². The molecule has 4 heteroatoms. The summed E-state index contributed by atoms with van der Waals surface area (Å²) in [5.74, 6) is 0. The maximum absolute atomic E-state index is 9.15. The van der Waals surface area contributed by atoms with Crippen molar-refractivity contribution in [3.8, 4) is 12.1 Å². The largest absolute Gasteiger partial charge is 0.366 e. The Bertz CT molecular complexity index is 494. The highest BCUT2D eigenvalue weighted by molar-refractivity contribution is 6.32. The predicted octanol–water partition coefficient (Wildman–Crippen LogP) is 3.09. The molecule has 2 rings (SSSR count). The summed E-state index contributed by atoms with van der Waals surface area (Å²) in [5.41, 5.74) is 1.37. The molecule has 0 radical (unpaired) electrons. The van der Waals surface area contributed by atoms with Crippen LogP contribution in [0.25, 0.3) is 0 Å². The van der Waals surface area contributed by atoms with E-state index in [1.165, 1.54) is 0 Å². The number of nitrogens with zero attached hydrogens (tertiary/aromatic N) is 3. The van der Waals surface area contributed by atoms with E-state index >= 15 is 0 Å². The average molecular weight is 246 g/mol. The van der Waals surface area contributed by atoms with Crippen LogP contribution in [0.5, 0.6) is 0 Å². The van der Waals surface area contributed by atoms with E-state index in [1.807, 2.05) is 12.1 Å². The van der Waals surface area contributed by atoms with Gasteiger partial charge < -0.3 is 4.90 Å². The van der Waals surface area contributed by atoms with Gasteiger partial charge in [0.1, 0.15) is 6.07 Å². The normalized spacial score (nSPS) is 13.8. The first-order valence-electron chi connectivity index (χ1n) is 5.60. The standard InChI is InChI=1S/C13H12ClN3/c14-12-3-1-4-13(11(12)9-16)17(8-2-7-15)10-5-6-10/h1,3-4,10H,2,5-6,8H2. The summed E-state index contributed by atoms with van der Waals surface area (Å²) in [6, 6.07) is 10.2. The maximum atomic E-state index is 9.15. The summed E-state index contributed by atoms with van der Waals surface area (Å²) in [7, 11) is 0. The third kappa shape index (κ3) is 2.52. The first kappa shape index (κ1) is 11.8. The molecule has 17 heavy (non-hydrogen) atoms. The molecule has 0 atom stereocenters. The zero-order chi connectivity index (χ0) is 12.3. The number of benzene rings is 1. The minimum Gasteiger partial charge on any atom is -0.366 e. The summed E-state index contributed by atoms with van der Waals surface area (Å²) >= 11 is 6.02. The fourth-order valence-corrected chi connectivity index (χ4v) is 2.13. The molecule has 0 unspecified atom stereocenters. The number of nitriles is 2. The molecule has 1 fully saturated rings. The van der Waals surface area contributed by atoms with Crippen LogP contribution in [0, 0.1) is 22.7 Å². The number of hydrogen-bond donors (Lipinski definition) is 0. The van der Waals surface area contributed by atoms with E-state index in [0.29, 0.717) is 29.6 Å². The summed E-state index contributed by atoms with van der Waals surface area (Å²) in [4.78, 5) is 2.13. The topological polar surface area (TPSA) is 50.8 Å². The van der Waals surface area contributed by atoms with Gasteiger partial charge in [0, 0.05) is 12.6 Å². The monoisotopic (exact) mass is 245 g/mol. The Hall–Kier alpha value is -1.71. The third-order valence-corrected chi connectivity index (χ3v) is 3.18. The zero-order valence-electron chi connectivity index (χ0n) is 9.36. The predicted molar refractivity (Wildman–Crippen MR) is 66.8 cm³/mol. The minimum absolute atomic E-state index is 0.466. The second-order valence-corrected chi connectivity index (χ2v) is 4.49. The van der Waals surface area contributed by atoms with Crippen molar-refractivity contribution in [3.63, 3.8) is 0 Å². The van der Waals surface area contributed by atoms with Crippen LogP contribution in [0.4, 0.5) is 5.69 Å². The summed E-state index contributed by atoms with van der Waals surface area (Å²) in [5, 5.41) is 18.3. The highest BCUT2D eigenvalue weighted by Gasteiger charge is 2.30. The summed E-state index contributed by atoms with van der Waals surface area (Å²) < 4.78 is 0. The van der Waals surface area contributed by atoms with Gasteiger partial charge >= 0.3 is 0 Å². The fourth-order valence-electron chi connectivity index (χ4n) is 1.92. The van der Waals surface area contributed by atoms with E-state index in [1.54, 1.807) is 6.07 Å². The third-order valence-electron chi connectivity index (χ3n) is 2.87. The lowest BCUT2D eigenvalue weighted by Gasteiger charge is -2.24. The van der Waals surface area contributed by atoms with Crippen LogP contribution in [0.1, 0.15) is 24.8 Å². The van der Waals surface area contributed by atoms with Gasteiger partial charge in [0.2, 0.25) is 0 Å². The SMILES string of the molecule is N#CCCN(c1cccc(Cl)c1C#N)C1CC1. The van der Waals surface area contributed by atoms with Crippen molar-refractivity contribution in [2.45, 2.75) is 25.3 Å². The quantitative estimate of drug-likeness (QED) is 0.819. The van der Waals surface area contributed by atoms with E-state index in [0.717, 1.165) is 18.5 Å². The first-order chi connectivity index (χ1) is 8.27. The van der Waals surface area contributed by atoms with Crippen molar-refractivity contribution < 1.29 is 0 Å². The molecule has 0 heterocycles. The Morgan fingerprint density at radius 1 is 1.35 bits per heavy atom. The molecular weight excluding hydrogens is 234 g/mol. The second-order valence-electron chi connectivity index (χ2n) is 4.08. The van der Waals surface area contributed by atoms with E-state index in [9.17, 15) is 0 Å². The molecule has 0 amide bonds. The Balaban J connectivity index is 2.33. The Morgan fingerprint density at radius 2 is 2.12 bits per heavy atom. The van der Waals surface area contributed by atoms with Gasteiger partial charge in [-0.2, -0.15) is 10.5 Å². The van der Waals surface area contributed by atoms with E-state index < -0.39 is 0 Å². The highest BCUT2D eigenvalue weighted by Crippen LogP contribution is 2.35. The molecule has 1 saturated carbocycles. The lowest BCUT2D eigenvalue weighted by atomic mass is 10.1. The molecule has 1 aliphatic carbocycles. The molecular formula is C13H12ClN3. The van der Waals surface area contributed by atoms with Crippen LogP contribution in [0.15, 0.2) is 18.2 Å². The van der Waals surface area contributed by atoms with Crippen molar-refractivity contribution in [3.05, 3.63) is 28.8 Å². The van der Waals surface area contributed by atoms with Crippen molar-refractivity contribution >= 4 is 17.3 Å². The van der Waals surface area contributed by atoms with Crippen molar-refractivity contribution in [1.29, 1.82) is 10.5 Å². The molecule has 0 aliphatic heterocycles. The lowest BCUT2D eigenvalue weighted by Crippen LogP contribution is -2.27. The number of halogens is 1. The van der Waals surface area contributed by atoms with Crippen LogP contribution in [0.2, 0.25) is 5.02 Å². The second kappa shape index (κ2) is 5.08. The molecule has 0 bridgehead atoms. The molecule has 1 aliphatic rings. The van der Waals surface area contributed by atoms with Gasteiger partial charge in [-0.1, -0.05) is 17.7 Å². The summed E-state index contributed by atoms with van der Waals surface area (Å²) in [6.45, 7) is 0.663. The average Bonchev–Trinajstić information content (AvgIpc) is 3.14. The van der Waals surface area contributed by atoms with Gasteiger partial charge in [0.15, 0.2) is 0 Å². The number of anilines is 1. The Labute approximate surface area is 106 Å². The maximum Gasteiger partial charge on any atom is 0.103 e. The molecule has 0 N–H and O–H groups in total. The molecule has 1 aromatic rings. The van der Waals surface area contributed by atoms with Crippen molar-refractivity contribution in [2.24, 2.45) is 0 Å². The lowest BCUT2D eigenvalue weighted by molar-refractivity contribution is 0.792. The van der Waals surface area contributed by atoms with E-state index in [-0.39, 0.29) is 0 Å². The molecule has 0 spiro atoms. The van der Waals surface area contributed by atoms with E-state index in [4.69, 9.17) is 22.1 Å². The zero-order valence-corrected chi connectivity index (χ0v) is 10.1.